The van der Waals surface area contributed by atoms with Crippen LogP contribution < -0.4 is 5.32 Å². The van der Waals surface area contributed by atoms with Gasteiger partial charge in [0.2, 0.25) is 0 Å². The Labute approximate surface area is 127 Å². The molecule has 1 aliphatic heterocycles. The zero-order chi connectivity index (χ0) is 15.1. The van der Waals surface area contributed by atoms with Crippen LogP contribution in [-0.2, 0) is 17.8 Å². The van der Waals surface area contributed by atoms with Crippen LogP contribution >= 0.6 is 0 Å². The summed E-state index contributed by atoms with van der Waals surface area (Å²) in [6.07, 6.45) is 7.65. The Hall–Kier alpha value is -2.21. The summed E-state index contributed by atoms with van der Waals surface area (Å²) in [5, 5.41) is 10.8. The second-order valence-electron chi connectivity index (χ2n) is 5.76. The topological polar surface area (TPSA) is 62.4 Å². The second kappa shape index (κ2) is 5.21. The van der Waals surface area contributed by atoms with E-state index >= 15 is 0 Å². The van der Waals surface area contributed by atoms with Crippen LogP contribution in [0, 0.1) is 11.2 Å². The lowest BCUT2D eigenvalue weighted by Gasteiger charge is -2.12. The smallest absolute Gasteiger partial charge is 0.140 e. The quantitative estimate of drug-likeness (QED) is 0.852. The van der Waals surface area contributed by atoms with E-state index in [9.17, 15) is 4.39 Å². The number of nitrogens with zero attached hydrogens (tertiary/aromatic N) is 2. The number of fused-ring (bicyclic) bond motifs is 3. The lowest BCUT2D eigenvalue weighted by molar-refractivity contribution is 0.106. The molecular formula is C16H17FN4O. The molecule has 0 aromatic carbocycles. The molecule has 0 atom stereocenters. The molecule has 0 bridgehead atoms. The number of pyridine rings is 1. The standard InChI is InChI=1S/C16H17FN4O/c17-13-5-16-20-14-3-4-22-9-15(14)21(16)8-12(13)10(6-18)7-19-11-1-2-11/h5-8,11,18-19H,1-4,9H2/b10-7+,18-6?. The number of imidazole rings is 1. The van der Waals surface area contributed by atoms with E-state index in [1.807, 2.05) is 4.40 Å². The molecule has 0 amide bonds. The number of hydrogen-bond donors (Lipinski definition) is 2. The molecule has 0 radical (unpaired) electrons. The van der Waals surface area contributed by atoms with Crippen molar-refractivity contribution in [3.8, 4) is 0 Å². The summed E-state index contributed by atoms with van der Waals surface area (Å²) in [5.74, 6) is -0.358. The van der Waals surface area contributed by atoms with Gasteiger partial charge in [0, 0.05) is 48.3 Å². The minimum atomic E-state index is -0.358. The van der Waals surface area contributed by atoms with Crippen molar-refractivity contribution < 1.29 is 9.13 Å². The van der Waals surface area contributed by atoms with E-state index in [1.165, 1.54) is 12.3 Å². The average molecular weight is 300 g/mol. The molecule has 2 N–H and O–H groups in total. The zero-order valence-electron chi connectivity index (χ0n) is 12.1. The Bertz CT molecular complexity index is 776. The highest BCUT2D eigenvalue weighted by atomic mass is 19.1. The molecular weight excluding hydrogens is 283 g/mol. The van der Waals surface area contributed by atoms with Gasteiger partial charge >= 0.3 is 0 Å². The molecule has 5 nitrogen and oxygen atoms in total. The summed E-state index contributed by atoms with van der Waals surface area (Å²) in [6.45, 7) is 1.15. The Morgan fingerprint density at radius 3 is 3.14 bits per heavy atom. The van der Waals surface area contributed by atoms with Gasteiger partial charge in [0.15, 0.2) is 0 Å². The number of aromatic nitrogens is 2. The first-order chi connectivity index (χ1) is 10.8. The SMILES string of the molecule is N=C/C(=C\NC1CC1)c1cn2c3c(nc2cc1F)CCOC3. The summed E-state index contributed by atoms with van der Waals surface area (Å²) in [7, 11) is 0. The van der Waals surface area contributed by atoms with Gasteiger partial charge in [-0.2, -0.15) is 0 Å². The van der Waals surface area contributed by atoms with E-state index in [2.05, 4.69) is 10.3 Å². The largest absolute Gasteiger partial charge is 0.388 e. The fraction of sp³-hybridized carbons (Fsp3) is 0.375. The van der Waals surface area contributed by atoms with Crippen molar-refractivity contribution in [3.05, 3.63) is 41.2 Å². The molecule has 1 fully saturated rings. The maximum Gasteiger partial charge on any atom is 0.140 e. The van der Waals surface area contributed by atoms with Gasteiger partial charge in [0.1, 0.15) is 11.5 Å². The van der Waals surface area contributed by atoms with Crippen molar-refractivity contribution in [2.75, 3.05) is 6.61 Å². The van der Waals surface area contributed by atoms with E-state index in [0.29, 0.717) is 36.0 Å². The van der Waals surface area contributed by atoms with Gasteiger partial charge in [0.05, 0.1) is 24.6 Å². The van der Waals surface area contributed by atoms with Crippen LogP contribution in [0.15, 0.2) is 18.5 Å². The fourth-order valence-corrected chi connectivity index (χ4v) is 2.72. The van der Waals surface area contributed by atoms with Crippen molar-refractivity contribution in [3.63, 3.8) is 0 Å². The van der Waals surface area contributed by atoms with Crippen LogP contribution in [0.25, 0.3) is 11.2 Å². The van der Waals surface area contributed by atoms with Crippen LogP contribution in [0.1, 0.15) is 29.8 Å². The second-order valence-corrected chi connectivity index (χ2v) is 5.76. The zero-order valence-corrected chi connectivity index (χ0v) is 12.1. The lowest BCUT2D eigenvalue weighted by Crippen LogP contribution is -2.11. The van der Waals surface area contributed by atoms with E-state index in [0.717, 1.165) is 30.7 Å². The van der Waals surface area contributed by atoms with E-state index < -0.39 is 0 Å². The summed E-state index contributed by atoms with van der Waals surface area (Å²) < 4.78 is 21.8. The monoisotopic (exact) mass is 300 g/mol. The third-order valence-corrected chi connectivity index (χ3v) is 4.13. The molecule has 6 heteroatoms. The molecule has 3 heterocycles. The minimum Gasteiger partial charge on any atom is -0.388 e. The van der Waals surface area contributed by atoms with Crippen molar-refractivity contribution in [1.82, 2.24) is 14.7 Å². The van der Waals surface area contributed by atoms with Crippen molar-refractivity contribution in [2.45, 2.75) is 31.9 Å². The Kier molecular flexibility index (Phi) is 3.18. The minimum absolute atomic E-state index is 0.358. The van der Waals surface area contributed by atoms with Crippen LogP contribution in [0.4, 0.5) is 4.39 Å². The van der Waals surface area contributed by atoms with Gasteiger partial charge in [-0.3, -0.25) is 0 Å². The molecule has 0 spiro atoms. The van der Waals surface area contributed by atoms with E-state index in [4.69, 9.17) is 10.1 Å². The molecule has 2 aromatic rings. The highest BCUT2D eigenvalue weighted by molar-refractivity contribution is 6.08. The molecule has 1 aliphatic carbocycles. The molecule has 22 heavy (non-hydrogen) atoms. The molecule has 2 aliphatic rings. The highest BCUT2D eigenvalue weighted by Crippen LogP contribution is 2.24. The maximum atomic E-state index is 14.4. The van der Waals surface area contributed by atoms with Crippen LogP contribution in [0.3, 0.4) is 0 Å². The molecule has 1 saturated carbocycles. The molecule has 0 saturated heterocycles. The van der Waals surface area contributed by atoms with Gasteiger partial charge < -0.3 is 19.9 Å². The number of ether oxygens (including phenoxy) is 1. The predicted octanol–water partition coefficient (Wildman–Crippen LogP) is 2.29. The maximum absolute atomic E-state index is 14.4. The third-order valence-electron chi connectivity index (χ3n) is 4.13. The normalized spacial score (nSPS) is 18.3. The third kappa shape index (κ3) is 2.29. The fourth-order valence-electron chi connectivity index (χ4n) is 2.72. The van der Waals surface area contributed by atoms with Crippen molar-refractivity contribution in [1.29, 1.82) is 5.41 Å². The predicted molar refractivity (Wildman–Crippen MR) is 81.4 cm³/mol. The van der Waals surface area contributed by atoms with Gasteiger partial charge in [-0.05, 0) is 12.8 Å². The van der Waals surface area contributed by atoms with Crippen molar-refractivity contribution >= 4 is 17.4 Å². The summed E-state index contributed by atoms with van der Waals surface area (Å²) in [5.41, 5.74) is 3.48. The van der Waals surface area contributed by atoms with Crippen LogP contribution in [-0.4, -0.2) is 28.2 Å². The summed E-state index contributed by atoms with van der Waals surface area (Å²) in [6, 6.07) is 1.90. The van der Waals surface area contributed by atoms with E-state index in [1.54, 1.807) is 12.4 Å². The first-order valence-electron chi connectivity index (χ1n) is 7.50. The number of hydrogen-bond acceptors (Lipinski definition) is 4. The number of rotatable bonds is 4. The highest BCUT2D eigenvalue weighted by Gasteiger charge is 2.21. The molecule has 4 rings (SSSR count). The molecule has 0 unspecified atom stereocenters. The van der Waals surface area contributed by atoms with E-state index in [-0.39, 0.29) is 5.82 Å². The van der Waals surface area contributed by atoms with Gasteiger partial charge in [-0.25, -0.2) is 9.37 Å². The molecule has 2 aromatic heterocycles. The number of allylic oxidation sites excluding steroid dienone is 1. The van der Waals surface area contributed by atoms with Gasteiger partial charge in [-0.1, -0.05) is 0 Å². The van der Waals surface area contributed by atoms with Gasteiger partial charge in [0.25, 0.3) is 0 Å². The summed E-state index contributed by atoms with van der Waals surface area (Å²) >= 11 is 0. The first kappa shape index (κ1) is 13.5. The molecule has 114 valence electrons. The number of nitrogens with one attached hydrogen (secondary N) is 2. The van der Waals surface area contributed by atoms with Gasteiger partial charge in [-0.15, -0.1) is 0 Å². The Morgan fingerprint density at radius 2 is 2.36 bits per heavy atom. The summed E-state index contributed by atoms with van der Waals surface area (Å²) in [4.78, 5) is 4.48. The Balaban J connectivity index is 1.80. The number of halogens is 1. The Morgan fingerprint density at radius 1 is 1.50 bits per heavy atom. The average Bonchev–Trinajstić information content (AvgIpc) is 3.28. The lowest BCUT2D eigenvalue weighted by atomic mass is 10.1. The first-order valence-corrected chi connectivity index (χ1v) is 7.50. The van der Waals surface area contributed by atoms with Crippen molar-refractivity contribution in [2.24, 2.45) is 0 Å². The van der Waals surface area contributed by atoms with Crippen LogP contribution in [0.5, 0.6) is 0 Å². The van der Waals surface area contributed by atoms with Crippen LogP contribution in [0.2, 0.25) is 0 Å².